The third kappa shape index (κ3) is 1.44. The lowest BCUT2D eigenvalue weighted by molar-refractivity contribution is 0.877. The van der Waals surface area contributed by atoms with Gasteiger partial charge in [-0.25, -0.2) is 9.97 Å². The average Bonchev–Trinajstić information content (AvgIpc) is 2.76. The smallest absolute Gasteiger partial charge is 0.156 e. The van der Waals surface area contributed by atoms with Gasteiger partial charge in [-0.1, -0.05) is 6.07 Å². The molecule has 0 bridgehead atoms. The fourth-order valence-electron chi connectivity index (χ4n) is 2.09. The van der Waals surface area contributed by atoms with Gasteiger partial charge in [-0.05, 0) is 38.3 Å². The summed E-state index contributed by atoms with van der Waals surface area (Å²) in [6.07, 6.45) is 3.47. The highest BCUT2D eigenvalue weighted by Gasteiger charge is 2.16. The summed E-state index contributed by atoms with van der Waals surface area (Å²) < 4.78 is 0. The second-order valence-corrected chi connectivity index (χ2v) is 4.03. The largest absolute Gasteiger partial charge is 0.340 e. The van der Waals surface area contributed by atoms with E-state index in [1.807, 2.05) is 25.1 Å². The van der Waals surface area contributed by atoms with E-state index in [1.165, 1.54) is 17.8 Å². The van der Waals surface area contributed by atoms with Crippen molar-refractivity contribution in [2.45, 2.75) is 26.2 Å². The monoisotopic (exact) mass is 199 g/mol. The zero-order chi connectivity index (χ0) is 10.3. The molecule has 3 nitrogen and oxygen atoms in total. The van der Waals surface area contributed by atoms with Crippen molar-refractivity contribution in [1.29, 1.82) is 0 Å². The Kier molecular flexibility index (Phi) is 1.84. The number of imidazole rings is 1. The summed E-state index contributed by atoms with van der Waals surface area (Å²) in [5.74, 6) is 0.920. The number of aromatic amines is 1. The summed E-state index contributed by atoms with van der Waals surface area (Å²) in [4.78, 5) is 12.4. The van der Waals surface area contributed by atoms with Gasteiger partial charge in [0.15, 0.2) is 5.82 Å². The fraction of sp³-hybridized carbons (Fsp3) is 0.333. The average molecular weight is 199 g/mol. The van der Waals surface area contributed by atoms with Crippen molar-refractivity contribution >= 4 is 0 Å². The lowest BCUT2D eigenvalue weighted by atomic mass is 10.3. The zero-order valence-corrected chi connectivity index (χ0v) is 8.75. The van der Waals surface area contributed by atoms with Crippen molar-refractivity contribution < 1.29 is 0 Å². The molecule has 1 aliphatic carbocycles. The summed E-state index contributed by atoms with van der Waals surface area (Å²) in [7, 11) is 0. The predicted molar refractivity (Wildman–Crippen MR) is 58.6 cm³/mol. The molecule has 0 fully saturated rings. The number of aryl methyl sites for hydroxylation is 3. The summed E-state index contributed by atoms with van der Waals surface area (Å²) in [5.41, 5.74) is 4.51. The van der Waals surface area contributed by atoms with E-state index in [0.717, 1.165) is 30.1 Å². The minimum Gasteiger partial charge on any atom is -0.340 e. The first-order valence-corrected chi connectivity index (χ1v) is 5.35. The van der Waals surface area contributed by atoms with E-state index in [2.05, 4.69) is 15.0 Å². The standard InChI is InChI=1S/C12H13N3/c1-8-4-2-7-11(13-8)12-14-9-5-3-6-10(9)15-12/h2,4,7H,3,5-6H2,1H3,(H,14,15). The Morgan fingerprint density at radius 3 is 2.93 bits per heavy atom. The van der Waals surface area contributed by atoms with Gasteiger partial charge in [-0.3, -0.25) is 0 Å². The molecule has 0 atom stereocenters. The van der Waals surface area contributed by atoms with Crippen LogP contribution in [0.3, 0.4) is 0 Å². The summed E-state index contributed by atoms with van der Waals surface area (Å²) in [6, 6.07) is 6.02. The van der Waals surface area contributed by atoms with E-state index in [-0.39, 0.29) is 0 Å². The van der Waals surface area contributed by atoms with Crippen molar-refractivity contribution in [3.8, 4) is 11.5 Å². The first kappa shape index (κ1) is 8.65. The molecule has 3 rings (SSSR count). The molecule has 0 radical (unpaired) electrons. The van der Waals surface area contributed by atoms with Crippen LogP contribution in [-0.4, -0.2) is 15.0 Å². The van der Waals surface area contributed by atoms with Crippen molar-refractivity contribution in [2.24, 2.45) is 0 Å². The molecular formula is C12H13N3. The maximum Gasteiger partial charge on any atom is 0.156 e. The Balaban J connectivity index is 2.06. The predicted octanol–water partition coefficient (Wildman–Crippen LogP) is 2.27. The molecule has 0 amide bonds. The van der Waals surface area contributed by atoms with Crippen LogP contribution in [0.5, 0.6) is 0 Å². The van der Waals surface area contributed by atoms with Gasteiger partial charge in [-0.15, -0.1) is 0 Å². The number of H-pyrrole nitrogens is 1. The fourth-order valence-corrected chi connectivity index (χ4v) is 2.09. The van der Waals surface area contributed by atoms with E-state index in [1.54, 1.807) is 0 Å². The zero-order valence-electron chi connectivity index (χ0n) is 8.75. The van der Waals surface area contributed by atoms with Crippen LogP contribution in [-0.2, 0) is 12.8 Å². The van der Waals surface area contributed by atoms with E-state index in [9.17, 15) is 0 Å². The second kappa shape index (κ2) is 3.19. The Bertz CT molecular complexity index is 478. The summed E-state index contributed by atoms with van der Waals surface area (Å²) >= 11 is 0. The van der Waals surface area contributed by atoms with E-state index in [4.69, 9.17) is 0 Å². The molecular weight excluding hydrogens is 186 g/mol. The third-order valence-electron chi connectivity index (χ3n) is 2.84. The molecule has 0 aromatic carbocycles. The Morgan fingerprint density at radius 2 is 2.13 bits per heavy atom. The lowest BCUT2D eigenvalue weighted by Crippen LogP contribution is -1.89. The first-order chi connectivity index (χ1) is 7.33. The molecule has 0 saturated carbocycles. The van der Waals surface area contributed by atoms with Gasteiger partial charge in [0.05, 0.1) is 5.69 Å². The van der Waals surface area contributed by atoms with Crippen molar-refractivity contribution in [2.75, 3.05) is 0 Å². The maximum absolute atomic E-state index is 4.58. The van der Waals surface area contributed by atoms with E-state index in [0.29, 0.717) is 0 Å². The molecule has 0 saturated heterocycles. The van der Waals surface area contributed by atoms with Crippen LogP contribution in [0.15, 0.2) is 18.2 Å². The van der Waals surface area contributed by atoms with Crippen LogP contribution in [0.25, 0.3) is 11.5 Å². The van der Waals surface area contributed by atoms with Crippen molar-refractivity contribution in [3.63, 3.8) is 0 Å². The number of pyridine rings is 1. The molecule has 76 valence electrons. The minimum atomic E-state index is 0.920. The topological polar surface area (TPSA) is 41.6 Å². The number of rotatable bonds is 1. The second-order valence-electron chi connectivity index (χ2n) is 4.03. The summed E-state index contributed by atoms with van der Waals surface area (Å²) in [6.45, 7) is 2.00. The van der Waals surface area contributed by atoms with Crippen LogP contribution in [0.2, 0.25) is 0 Å². The number of aromatic nitrogens is 3. The quantitative estimate of drug-likeness (QED) is 0.765. The highest BCUT2D eigenvalue weighted by molar-refractivity contribution is 5.51. The number of fused-ring (bicyclic) bond motifs is 1. The SMILES string of the molecule is Cc1cccc(-c2nc3c([nH]2)CCC3)n1. The molecule has 15 heavy (non-hydrogen) atoms. The van der Waals surface area contributed by atoms with Gasteiger partial charge in [0, 0.05) is 11.4 Å². The van der Waals surface area contributed by atoms with Gasteiger partial charge >= 0.3 is 0 Å². The molecule has 1 N–H and O–H groups in total. The Labute approximate surface area is 88.6 Å². The minimum absolute atomic E-state index is 0.920. The summed E-state index contributed by atoms with van der Waals surface area (Å²) in [5, 5.41) is 0. The molecule has 2 aromatic rings. The van der Waals surface area contributed by atoms with Crippen LogP contribution in [0.1, 0.15) is 23.5 Å². The number of hydrogen-bond acceptors (Lipinski definition) is 2. The van der Waals surface area contributed by atoms with E-state index >= 15 is 0 Å². The van der Waals surface area contributed by atoms with Crippen molar-refractivity contribution in [1.82, 2.24) is 15.0 Å². The number of nitrogens with one attached hydrogen (secondary N) is 1. The van der Waals surface area contributed by atoms with E-state index < -0.39 is 0 Å². The van der Waals surface area contributed by atoms with Gasteiger partial charge in [0.25, 0.3) is 0 Å². The van der Waals surface area contributed by atoms with Crippen molar-refractivity contribution in [3.05, 3.63) is 35.3 Å². The number of hydrogen-bond donors (Lipinski definition) is 1. The van der Waals surface area contributed by atoms with Crippen LogP contribution in [0, 0.1) is 6.92 Å². The molecule has 2 heterocycles. The normalized spacial score (nSPS) is 14.2. The van der Waals surface area contributed by atoms with Gasteiger partial charge in [0.2, 0.25) is 0 Å². The highest BCUT2D eigenvalue weighted by Crippen LogP contribution is 2.23. The van der Waals surface area contributed by atoms with Gasteiger partial charge < -0.3 is 4.98 Å². The van der Waals surface area contributed by atoms with Crippen LogP contribution >= 0.6 is 0 Å². The lowest BCUT2D eigenvalue weighted by Gasteiger charge is -1.97. The van der Waals surface area contributed by atoms with Crippen LogP contribution < -0.4 is 0 Å². The number of nitrogens with zero attached hydrogens (tertiary/aromatic N) is 2. The van der Waals surface area contributed by atoms with Gasteiger partial charge in [0.1, 0.15) is 5.69 Å². The van der Waals surface area contributed by atoms with Gasteiger partial charge in [-0.2, -0.15) is 0 Å². The highest BCUT2D eigenvalue weighted by atomic mass is 15.0. The Hall–Kier alpha value is -1.64. The first-order valence-electron chi connectivity index (χ1n) is 5.35. The molecule has 0 unspecified atom stereocenters. The molecule has 1 aliphatic rings. The maximum atomic E-state index is 4.58. The molecule has 3 heteroatoms. The molecule has 0 spiro atoms. The molecule has 0 aliphatic heterocycles. The van der Waals surface area contributed by atoms with Crippen LogP contribution in [0.4, 0.5) is 0 Å². The Morgan fingerprint density at radius 1 is 1.20 bits per heavy atom. The molecule has 2 aromatic heterocycles. The third-order valence-corrected chi connectivity index (χ3v) is 2.84.